The van der Waals surface area contributed by atoms with E-state index < -0.39 is 70.3 Å². The number of carbonyl (C=O) groups is 2. The number of ether oxygens (including phenoxy) is 2. The molecule has 2 saturated carbocycles. The van der Waals surface area contributed by atoms with Crippen LogP contribution in [0, 0.1) is 22.7 Å². The van der Waals surface area contributed by atoms with Gasteiger partial charge < -0.3 is 35.6 Å². The van der Waals surface area contributed by atoms with E-state index in [9.17, 15) is 30.0 Å². The predicted octanol–water partition coefficient (Wildman–Crippen LogP) is 4.79. The van der Waals surface area contributed by atoms with Gasteiger partial charge in [0, 0.05) is 23.3 Å². The van der Waals surface area contributed by atoms with Gasteiger partial charge in [-0.2, -0.15) is 0 Å². The fourth-order valence-corrected chi connectivity index (χ4v) is 9.47. The number of aliphatic hydroxyl groups is 4. The van der Waals surface area contributed by atoms with E-state index in [-0.39, 0.29) is 24.4 Å². The second-order valence-electron chi connectivity index (χ2n) is 15.2. The highest BCUT2D eigenvalue weighted by atomic mass is 16.6. The molecule has 0 aromatic carbocycles. The van der Waals surface area contributed by atoms with Gasteiger partial charge in [0.05, 0.1) is 23.7 Å². The predicted molar refractivity (Wildman–Crippen MR) is 176 cm³/mol. The average Bonchev–Trinajstić information content (AvgIpc) is 3.29. The quantitative estimate of drug-likeness (QED) is 0.0775. The Bertz CT molecular complexity index is 1260. The molecule has 2 fully saturated rings. The molecule has 0 amide bonds. The topological polar surface area (TPSA) is 160 Å². The van der Waals surface area contributed by atoms with Crippen LogP contribution >= 0.6 is 0 Å². The molecular formula is C37H59NO8. The van der Waals surface area contributed by atoms with E-state index in [2.05, 4.69) is 6.92 Å². The highest BCUT2D eigenvalue weighted by Gasteiger charge is 2.90. The molecule has 9 atom stereocenters. The number of aliphatic hydroxyl groups excluding tert-OH is 3. The van der Waals surface area contributed by atoms with Gasteiger partial charge in [-0.15, -0.1) is 0 Å². The molecule has 0 radical (unpaired) electrons. The lowest BCUT2D eigenvalue weighted by atomic mass is 9.58. The third-order valence-corrected chi connectivity index (χ3v) is 12.5. The zero-order valence-corrected chi connectivity index (χ0v) is 29.1. The van der Waals surface area contributed by atoms with Crippen LogP contribution in [0.5, 0.6) is 0 Å². The number of nitrogens with two attached hydrogens (primary N) is 1. The van der Waals surface area contributed by atoms with Crippen molar-refractivity contribution in [3.8, 4) is 0 Å². The summed E-state index contributed by atoms with van der Waals surface area (Å²) < 4.78 is 12.3. The van der Waals surface area contributed by atoms with Crippen LogP contribution in [0.4, 0.5) is 0 Å². The molecule has 2 bridgehead atoms. The molecule has 4 rings (SSSR count). The van der Waals surface area contributed by atoms with Crippen LogP contribution < -0.4 is 5.73 Å². The fraction of sp³-hybridized carbons (Fsp3) is 0.784. The number of rotatable bonds is 14. The van der Waals surface area contributed by atoms with Crippen LogP contribution in [-0.2, 0) is 19.1 Å². The molecule has 0 heterocycles. The maximum atomic E-state index is 13.5. The minimum Gasteiger partial charge on any atom is -0.456 e. The maximum absolute atomic E-state index is 13.5. The van der Waals surface area contributed by atoms with Crippen LogP contribution in [0.25, 0.3) is 0 Å². The van der Waals surface area contributed by atoms with E-state index in [1.807, 2.05) is 20.8 Å². The molecule has 46 heavy (non-hydrogen) atoms. The Kier molecular flexibility index (Phi) is 10.8. The second-order valence-corrected chi connectivity index (χ2v) is 15.2. The number of fused-ring (bicyclic) bond motifs is 3. The van der Waals surface area contributed by atoms with E-state index in [0.717, 1.165) is 19.3 Å². The van der Waals surface area contributed by atoms with E-state index >= 15 is 0 Å². The molecule has 0 aromatic rings. The van der Waals surface area contributed by atoms with Crippen molar-refractivity contribution in [3.63, 3.8) is 0 Å². The summed E-state index contributed by atoms with van der Waals surface area (Å²) in [5, 5.41) is 47.5. The Morgan fingerprint density at radius 3 is 2.22 bits per heavy atom. The molecule has 0 saturated heterocycles. The van der Waals surface area contributed by atoms with Gasteiger partial charge in [0.25, 0.3) is 0 Å². The Morgan fingerprint density at radius 2 is 1.65 bits per heavy atom. The fourth-order valence-electron chi connectivity index (χ4n) is 9.47. The van der Waals surface area contributed by atoms with Gasteiger partial charge in [-0.1, -0.05) is 97.3 Å². The zero-order valence-electron chi connectivity index (χ0n) is 29.1. The van der Waals surface area contributed by atoms with E-state index in [1.165, 1.54) is 32.1 Å². The summed E-state index contributed by atoms with van der Waals surface area (Å²) in [6, 6.07) is 0. The number of hydrogen-bond acceptors (Lipinski definition) is 9. The Labute approximate surface area is 275 Å². The second kappa shape index (κ2) is 13.5. The molecule has 0 aliphatic heterocycles. The minimum atomic E-state index is -2.23. The average molecular weight is 646 g/mol. The van der Waals surface area contributed by atoms with Gasteiger partial charge >= 0.3 is 11.9 Å². The van der Waals surface area contributed by atoms with E-state index in [0.29, 0.717) is 17.6 Å². The first-order chi connectivity index (χ1) is 21.6. The number of unbranched alkanes of at least 4 members (excludes halogenated alkanes) is 8. The number of allylic oxidation sites excluding steroid dienone is 1. The van der Waals surface area contributed by atoms with E-state index in [1.54, 1.807) is 39.0 Å². The standard InChI is InChI=1S/C37H59NO8/c1-8-10-11-12-13-14-15-16-17-18-28(40)46-35-21-25(5)34-20-24(4)31(45-32(43)23(3)9-2)36(34,44)29(41)26(22-39)19-27(30(34)42)37(35,38)33(35,6)7/h9,19-20,25,27,29-31,39,41-42,44H,8,10-18,21-22,38H2,1-7H3/b23-9+/t25-,27-,29-,30?,31+,34+,35-,36+,37+/m1/s1. The van der Waals surface area contributed by atoms with Crippen molar-refractivity contribution in [2.45, 2.75) is 154 Å². The first-order valence-corrected chi connectivity index (χ1v) is 17.5. The third-order valence-electron chi connectivity index (χ3n) is 12.5. The van der Waals surface area contributed by atoms with Crippen molar-refractivity contribution in [1.82, 2.24) is 0 Å². The molecule has 9 nitrogen and oxygen atoms in total. The lowest BCUT2D eigenvalue weighted by Crippen LogP contribution is -2.67. The van der Waals surface area contributed by atoms with Gasteiger partial charge in [-0.3, -0.25) is 4.79 Å². The van der Waals surface area contributed by atoms with Crippen LogP contribution in [0.15, 0.2) is 34.9 Å². The Hall–Kier alpha value is -2.04. The van der Waals surface area contributed by atoms with Crippen molar-refractivity contribution in [2.24, 2.45) is 28.4 Å². The molecule has 4 aliphatic carbocycles. The minimum absolute atomic E-state index is 0.0666. The third kappa shape index (κ3) is 5.24. The smallest absolute Gasteiger partial charge is 0.334 e. The molecule has 9 heteroatoms. The molecule has 4 aliphatic rings. The van der Waals surface area contributed by atoms with Crippen molar-refractivity contribution >= 4 is 11.9 Å². The van der Waals surface area contributed by atoms with Gasteiger partial charge in [-0.05, 0) is 50.7 Å². The maximum Gasteiger partial charge on any atom is 0.334 e. The van der Waals surface area contributed by atoms with Crippen LogP contribution in [0.1, 0.15) is 119 Å². The summed E-state index contributed by atoms with van der Waals surface area (Å²) in [6.07, 6.45) is 11.1. The summed E-state index contributed by atoms with van der Waals surface area (Å²) in [5.74, 6) is -2.50. The van der Waals surface area contributed by atoms with Gasteiger partial charge in [-0.25, -0.2) is 4.79 Å². The molecule has 1 unspecified atom stereocenters. The first-order valence-electron chi connectivity index (χ1n) is 17.5. The Balaban J connectivity index is 1.64. The van der Waals surface area contributed by atoms with Gasteiger partial charge in [0.15, 0.2) is 6.10 Å². The summed E-state index contributed by atoms with van der Waals surface area (Å²) in [6.45, 7) is 12.3. The molecular weight excluding hydrogens is 586 g/mol. The lowest BCUT2D eigenvalue weighted by Gasteiger charge is -2.52. The molecule has 0 aromatic heterocycles. The monoisotopic (exact) mass is 645 g/mol. The highest BCUT2D eigenvalue weighted by Crippen LogP contribution is 2.77. The number of esters is 2. The van der Waals surface area contributed by atoms with Crippen LogP contribution in [0.2, 0.25) is 0 Å². The molecule has 1 spiro atoms. The van der Waals surface area contributed by atoms with E-state index in [4.69, 9.17) is 15.2 Å². The largest absolute Gasteiger partial charge is 0.456 e. The van der Waals surface area contributed by atoms with Crippen LogP contribution in [0.3, 0.4) is 0 Å². The number of hydrogen-bond donors (Lipinski definition) is 5. The lowest BCUT2D eigenvalue weighted by molar-refractivity contribution is -0.224. The van der Waals surface area contributed by atoms with Gasteiger partial charge in [0.2, 0.25) is 0 Å². The first kappa shape index (κ1) is 36.8. The SMILES string of the molecule is C/C=C(\C)C(=O)O[C@H]1C(C)=C[C@]23C(O)[C@@H](C=C(CO)[C@@H](O)[C@]12O)[C@]1(N)C(C)(C)[C@]1(OC(=O)CCCCCCCCCCC)C[C@H]3C. The summed E-state index contributed by atoms with van der Waals surface area (Å²) >= 11 is 0. The van der Waals surface area contributed by atoms with Crippen molar-refractivity contribution in [3.05, 3.63) is 34.9 Å². The van der Waals surface area contributed by atoms with Crippen molar-refractivity contribution < 1.29 is 39.5 Å². The molecule has 6 N–H and O–H groups in total. The number of carbonyl (C=O) groups excluding carboxylic acids is 2. The van der Waals surface area contributed by atoms with Crippen LogP contribution in [-0.4, -0.2) is 74.0 Å². The van der Waals surface area contributed by atoms with Crippen molar-refractivity contribution in [1.29, 1.82) is 0 Å². The normalized spacial score (nSPS) is 39.3. The Morgan fingerprint density at radius 1 is 1.07 bits per heavy atom. The summed E-state index contributed by atoms with van der Waals surface area (Å²) in [4.78, 5) is 26.4. The van der Waals surface area contributed by atoms with Crippen molar-refractivity contribution in [2.75, 3.05) is 6.61 Å². The highest BCUT2D eigenvalue weighted by molar-refractivity contribution is 5.88. The summed E-state index contributed by atoms with van der Waals surface area (Å²) in [7, 11) is 0. The molecule has 260 valence electrons. The van der Waals surface area contributed by atoms with Gasteiger partial charge in [0.1, 0.15) is 17.3 Å². The zero-order chi connectivity index (χ0) is 34.3. The summed E-state index contributed by atoms with van der Waals surface area (Å²) in [5.41, 5.74) is 1.15.